The Bertz CT molecular complexity index is 2770. The van der Waals surface area contributed by atoms with Crippen LogP contribution in [0.25, 0.3) is 72.3 Å². The standard InChI is InChI=1S/C53H38N2O/c1-4-12-37(13-5-1)40-24-30-46(31-25-40)55(47-32-26-41(27-33-47)38-14-6-2-7-15-38)48-34-28-42(29-35-48)39-20-22-43(23-21-39)50-36-45-18-10-11-19-49(45)51-52(50)56-53(54-51)44-16-8-3-9-17-44/h1-28,30-34,36H,29,35H2. The van der Waals surface area contributed by atoms with Crippen LogP contribution in [0.1, 0.15) is 18.4 Å². The molecule has 1 aromatic heterocycles. The van der Waals surface area contributed by atoms with E-state index >= 15 is 0 Å². The first kappa shape index (κ1) is 33.3. The van der Waals surface area contributed by atoms with Gasteiger partial charge in [-0.25, -0.2) is 4.98 Å². The molecule has 0 N–H and O–H groups in total. The fourth-order valence-corrected chi connectivity index (χ4v) is 7.93. The van der Waals surface area contributed by atoms with Gasteiger partial charge in [0.25, 0.3) is 0 Å². The van der Waals surface area contributed by atoms with Crippen LogP contribution in [0.3, 0.4) is 0 Å². The van der Waals surface area contributed by atoms with Crippen LogP contribution < -0.4 is 4.90 Å². The highest BCUT2D eigenvalue weighted by Crippen LogP contribution is 2.40. The minimum atomic E-state index is 0.637. The molecule has 1 heterocycles. The zero-order chi connectivity index (χ0) is 37.3. The van der Waals surface area contributed by atoms with E-state index in [1.54, 1.807) is 0 Å². The normalized spacial score (nSPS) is 12.7. The molecule has 9 aromatic rings. The van der Waals surface area contributed by atoms with Gasteiger partial charge in [0.1, 0.15) is 5.52 Å². The number of allylic oxidation sites excluding steroid dienone is 4. The molecule has 266 valence electrons. The summed E-state index contributed by atoms with van der Waals surface area (Å²) in [5.74, 6) is 0.637. The second kappa shape index (κ2) is 14.5. The molecule has 3 heteroatoms. The Labute approximate surface area is 327 Å². The maximum atomic E-state index is 6.52. The maximum Gasteiger partial charge on any atom is 0.227 e. The van der Waals surface area contributed by atoms with Crippen LogP contribution >= 0.6 is 0 Å². The molecule has 0 radical (unpaired) electrons. The minimum Gasteiger partial charge on any atom is -0.435 e. The summed E-state index contributed by atoms with van der Waals surface area (Å²) in [6.07, 6.45) is 6.46. The van der Waals surface area contributed by atoms with Crippen molar-refractivity contribution >= 4 is 38.8 Å². The Kier molecular flexibility index (Phi) is 8.66. The van der Waals surface area contributed by atoms with E-state index in [0.717, 1.165) is 62.8 Å². The number of rotatable bonds is 8. The van der Waals surface area contributed by atoms with Crippen molar-refractivity contribution in [1.29, 1.82) is 0 Å². The van der Waals surface area contributed by atoms with Gasteiger partial charge >= 0.3 is 0 Å². The number of oxazole rings is 1. The average Bonchev–Trinajstić information content (AvgIpc) is 3.74. The van der Waals surface area contributed by atoms with Gasteiger partial charge in [-0.05, 0) is 106 Å². The van der Waals surface area contributed by atoms with Crippen LogP contribution in [0.2, 0.25) is 0 Å². The summed E-state index contributed by atoms with van der Waals surface area (Å²) in [6, 6.07) is 68.8. The van der Waals surface area contributed by atoms with Gasteiger partial charge in [0.2, 0.25) is 5.89 Å². The van der Waals surface area contributed by atoms with Crippen molar-refractivity contribution in [3.63, 3.8) is 0 Å². The van der Waals surface area contributed by atoms with Crippen molar-refractivity contribution in [3.8, 4) is 44.8 Å². The highest BCUT2D eigenvalue weighted by Gasteiger charge is 2.20. The lowest BCUT2D eigenvalue weighted by Crippen LogP contribution is -2.17. The third-order valence-corrected chi connectivity index (χ3v) is 10.9. The van der Waals surface area contributed by atoms with Crippen LogP contribution in [-0.4, -0.2) is 4.98 Å². The van der Waals surface area contributed by atoms with Gasteiger partial charge < -0.3 is 9.32 Å². The van der Waals surface area contributed by atoms with E-state index in [1.807, 2.05) is 30.3 Å². The Balaban J connectivity index is 0.978. The zero-order valence-corrected chi connectivity index (χ0v) is 30.8. The monoisotopic (exact) mass is 718 g/mol. The van der Waals surface area contributed by atoms with Crippen LogP contribution in [-0.2, 0) is 0 Å². The van der Waals surface area contributed by atoms with Crippen molar-refractivity contribution in [2.24, 2.45) is 0 Å². The number of hydrogen-bond acceptors (Lipinski definition) is 3. The van der Waals surface area contributed by atoms with Gasteiger partial charge in [0.05, 0.1) is 0 Å². The minimum absolute atomic E-state index is 0.637. The summed E-state index contributed by atoms with van der Waals surface area (Å²) in [5.41, 5.74) is 15.8. The molecule has 1 aliphatic rings. The Hall–Kier alpha value is -7.23. The third kappa shape index (κ3) is 6.40. The van der Waals surface area contributed by atoms with Crippen LogP contribution in [0.15, 0.2) is 216 Å². The molecule has 0 fully saturated rings. The first-order valence-electron chi connectivity index (χ1n) is 19.2. The summed E-state index contributed by atoms with van der Waals surface area (Å²) >= 11 is 0. The summed E-state index contributed by atoms with van der Waals surface area (Å²) in [4.78, 5) is 7.41. The zero-order valence-electron chi connectivity index (χ0n) is 30.8. The predicted octanol–water partition coefficient (Wildman–Crippen LogP) is 14.5. The molecule has 0 aliphatic heterocycles. The summed E-state index contributed by atoms with van der Waals surface area (Å²) in [6.45, 7) is 0. The van der Waals surface area contributed by atoms with Crippen molar-refractivity contribution in [2.45, 2.75) is 12.8 Å². The summed E-state index contributed by atoms with van der Waals surface area (Å²) in [5, 5.41) is 2.24. The van der Waals surface area contributed by atoms with E-state index < -0.39 is 0 Å². The number of benzene rings is 8. The number of nitrogens with zero attached hydrogens (tertiary/aromatic N) is 2. The van der Waals surface area contributed by atoms with Crippen molar-refractivity contribution in [1.82, 2.24) is 4.98 Å². The largest absolute Gasteiger partial charge is 0.435 e. The van der Waals surface area contributed by atoms with E-state index in [9.17, 15) is 0 Å². The first-order chi connectivity index (χ1) is 27.7. The number of aromatic nitrogens is 1. The molecule has 0 unspecified atom stereocenters. The number of fused-ring (bicyclic) bond motifs is 3. The first-order valence-corrected chi connectivity index (χ1v) is 19.2. The van der Waals surface area contributed by atoms with Crippen molar-refractivity contribution in [2.75, 3.05) is 4.90 Å². The second-order valence-electron chi connectivity index (χ2n) is 14.3. The lowest BCUT2D eigenvalue weighted by atomic mass is 9.92. The quantitative estimate of drug-likeness (QED) is 0.157. The molecule has 1 aliphatic carbocycles. The van der Waals surface area contributed by atoms with Crippen LogP contribution in [0.5, 0.6) is 0 Å². The Morgan fingerprint density at radius 3 is 1.50 bits per heavy atom. The maximum absolute atomic E-state index is 6.52. The molecule has 10 rings (SSSR count). The SMILES string of the molecule is C1=C(c2ccc(-c3cc4ccccc4c4nc(-c5ccccc5)oc34)cc2)CCC(N(c2ccc(-c3ccccc3)cc2)c2ccc(-c3ccccc3)cc2)=C1. The van der Waals surface area contributed by atoms with E-state index in [1.165, 1.54) is 39.1 Å². The molecule has 0 atom stereocenters. The lowest BCUT2D eigenvalue weighted by Gasteiger charge is -2.30. The third-order valence-electron chi connectivity index (χ3n) is 10.9. The topological polar surface area (TPSA) is 29.3 Å². The van der Waals surface area contributed by atoms with Gasteiger partial charge in [-0.3, -0.25) is 0 Å². The fraction of sp³-hybridized carbons (Fsp3) is 0.0377. The van der Waals surface area contributed by atoms with Crippen molar-refractivity contribution in [3.05, 3.63) is 218 Å². The van der Waals surface area contributed by atoms with Gasteiger partial charge in [0.15, 0.2) is 5.58 Å². The molecule has 0 bridgehead atoms. The lowest BCUT2D eigenvalue weighted by molar-refractivity contribution is 0.621. The predicted molar refractivity (Wildman–Crippen MR) is 234 cm³/mol. The van der Waals surface area contributed by atoms with Gasteiger partial charge in [-0.2, -0.15) is 0 Å². The Morgan fingerprint density at radius 1 is 0.429 bits per heavy atom. The highest BCUT2D eigenvalue weighted by atomic mass is 16.3. The fourth-order valence-electron chi connectivity index (χ4n) is 7.93. The molecular formula is C53H38N2O. The summed E-state index contributed by atoms with van der Waals surface area (Å²) < 4.78 is 6.52. The van der Waals surface area contributed by atoms with Gasteiger partial charge in [-0.15, -0.1) is 0 Å². The van der Waals surface area contributed by atoms with Gasteiger partial charge in [-0.1, -0.05) is 158 Å². The second-order valence-corrected chi connectivity index (χ2v) is 14.3. The van der Waals surface area contributed by atoms with Crippen molar-refractivity contribution < 1.29 is 4.42 Å². The number of anilines is 2. The average molecular weight is 719 g/mol. The van der Waals surface area contributed by atoms with E-state index in [4.69, 9.17) is 9.40 Å². The summed E-state index contributed by atoms with van der Waals surface area (Å²) in [7, 11) is 0. The molecule has 0 saturated heterocycles. The molecule has 3 nitrogen and oxygen atoms in total. The van der Waals surface area contributed by atoms with E-state index in [0.29, 0.717) is 5.89 Å². The molecule has 0 saturated carbocycles. The van der Waals surface area contributed by atoms with Crippen LogP contribution in [0.4, 0.5) is 11.4 Å². The molecule has 56 heavy (non-hydrogen) atoms. The molecule has 0 spiro atoms. The molecular weight excluding hydrogens is 681 g/mol. The molecule has 8 aromatic carbocycles. The highest BCUT2D eigenvalue weighted by molar-refractivity contribution is 6.10. The Morgan fingerprint density at radius 2 is 0.929 bits per heavy atom. The smallest absolute Gasteiger partial charge is 0.227 e. The van der Waals surface area contributed by atoms with E-state index in [2.05, 4.69) is 181 Å². The van der Waals surface area contributed by atoms with E-state index in [-0.39, 0.29) is 0 Å². The van der Waals surface area contributed by atoms with Gasteiger partial charge in [0, 0.05) is 33.6 Å². The molecule has 0 amide bonds. The number of hydrogen-bond donors (Lipinski definition) is 0. The van der Waals surface area contributed by atoms with Crippen LogP contribution in [0, 0.1) is 0 Å².